The van der Waals surface area contributed by atoms with Gasteiger partial charge in [0.2, 0.25) is 5.91 Å². The molecule has 1 saturated heterocycles. The third-order valence-corrected chi connectivity index (χ3v) is 3.99. The Hall–Kier alpha value is -1.29. The van der Waals surface area contributed by atoms with Gasteiger partial charge in [0, 0.05) is 31.5 Å². The van der Waals surface area contributed by atoms with Crippen molar-refractivity contribution in [2.75, 3.05) is 20.1 Å². The van der Waals surface area contributed by atoms with Crippen LogP contribution in [0.4, 0.5) is 0 Å². The van der Waals surface area contributed by atoms with Gasteiger partial charge in [-0.2, -0.15) is 0 Å². The summed E-state index contributed by atoms with van der Waals surface area (Å²) in [5, 5.41) is 3.34. The first-order chi connectivity index (χ1) is 8.63. The summed E-state index contributed by atoms with van der Waals surface area (Å²) >= 11 is 0. The normalized spacial score (nSPS) is 18.9. The molecule has 0 spiro atoms. The molecule has 1 amide bonds. The Bertz CT molecular complexity index is 379. The molecule has 1 aliphatic heterocycles. The molecule has 0 aromatic carbocycles. The lowest BCUT2D eigenvalue weighted by Crippen LogP contribution is -2.51. The zero-order chi connectivity index (χ0) is 13.0. The second-order valence-electron chi connectivity index (χ2n) is 5.27. The third kappa shape index (κ3) is 3.13. The van der Waals surface area contributed by atoms with Gasteiger partial charge in [0.1, 0.15) is 5.76 Å². The number of aryl methyl sites for hydroxylation is 1. The summed E-state index contributed by atoms with van der Waals surface area (Å²) < 4.78 is 5.24. The van der Waals surface area contributed by atoms with Crippen LogP contribution < -0.4 is 5.32 Å². The number of hydrogen-bond donors (Lipinski definition) is 1. The van der Waals surface area contributed by atoms with E-state index in [9.17, 15) is 4.79 Å². The van der Waals surface area contributed by atoms with Crippen molar-refractivity contribution in [3.05, 3.63) is 24.2 Å². The van der Waals surface area contributed by atoms with E-state index in [1.54, 1.807) is 6.26 Å². The van der Waals surface area contributed by atoms with Gasteiger partial charge in [0.25, 0.3) is 0 Å². The minimum absolute atomic E-state index is 0.192. The van der Waals surface area contributed by atoms with Gasteiger partial charge >= 0.3 is 0 Å². The Morgan fingerprint density at radius 1 is 1.50 bits per heavy atom. The smallest absolute Gasteiger partial charge is 0.223 e. The van der Waals surface area contributed by atoms with E-state index in [2.05, 4.69) is 12.2 Å². The van der Waals surface area contributed by atoms with E-state index in [4.69, 9.17) is 4.42 Å². The van der Waals surface area contributed by atoms with E-state index < -0.39 is 0 Å². The van der Waals surface area contributed by atoms with Crippen LogP contribution in [0.15, 0.2) is 22.8 Å². The lowest BCUT2D eigenvalue weighted by Gasteiger charge is -2.39. The van der Waals surface area contributed by atoms with Crippen LogP contribution in [0.3, 0.4) is 0 Å². The first kappa shape index (κ1) is 13.1. The Balaban J connectivity index is 1.77. The fraction of sp³-hybridized carbons (Fsp3) is 0.643. The molecule has 0 aliphatic carbocycles. The topological polar surface area (TPSA) is 45.5 Å². The zero-order valence-electron chi connectivity index (χ0n) is 11.2. The second-order valence-corrected chi connectivity index (χ2v) is 5.27. The molecule has 0 unspecified atom stereocenters. The number of piperidine rings is 1. The zero-order valence-corrected chi connectivity index (χ0v) is 11.2. The maximum absolute atomic E-state index is 12.1. The predicted octanol–water partition coefficient (Wildman–Crippen LogP) is 1.81. The molecule has 18 heavy (non-hydrogen) atoms. The van der Waals surface area contributed by atoms with Crippen molar-refractivity contribution in [3.63, 3.8) is 0 Å². The van der Waals surface area contributed by atoms with Crippen molar-refractivity contribution in [3.8, 4) is 0 Å². The molecule has 2 rings (SSSR count). The highest BCUT2D eigenvalue weighted by molar-refractivity contribution is 5.76. The molecule has 2 heterocycles. The van der Waals surface area contributed by atoms with Crippen molar-refractivity contribution in [2.45, 2.75) is 38.1 Å². The van der Waals surface area contributed by atoms with E-state index in [1.807, 2.05) is 24.1 Å². The van der Waals surface area contributed by atoms with Crippen molar-refractivity contribution in [1.29, 1.82) is 0 Å². The summed E-state index contributed by atoms with van der Waals surface area (Å²) in [7, 11) is 1.99. The van der Waals surface area contributed by atoms with Crippen molar-refractivity contribution in [2.24, 2.45) is 0 Å². The van der Waals surface area contributed by atoms with Gasteiger partial charge in [0.05, 0.1) is 6.26 Å². The van der Waals surface area contributed by atoms with Gasteiger partial charge in [-0.3, -0.25) is 4.79 Å². The van der Waals surface area contributed by atoms with Gasteiger partial charge in [0.15, 0.2) is 0 Å². The summed E-state index contributed by atoms with van der Waals surface area (Å²) in [5.74, 6) is 1.13. The predicted molar refractivity (Wildman–Crippen MR) is 70.3 cm³/mol. The molecular formula is C14H22N2O2. The molecule has 0 saturated carbocycles. The van der Waals surface area contributed by atoms with Gasteiger partial charge in [-0.15, -0.1) is 0 Å². The number of carbonyl (C=O) groups excluding carboxylic acids is 1. The molecule has 0 atom stereocenters. The highest BCUT2D eigenvalue weighted by atomic mass is 16.3. The van der Waals surface area contributed by atoms with Crippen LogP contribution >= 0.6 is 0 Å². The van der Waals surface area contributed by atoms with Gasteiger partial charge in [-0.1, -0.05) is 0 Å². The lowest BCUT2D eigenvalue weighted by atomic mass is 9.90. The number of likely N-dealkylation sites (tertiary alicyclic amines) is 1. The lowest BCUT2D eigenvalue weighted by molar-refractivity contribution is -0.132. The Morgan fingerprint density at radius 2 is 2.22 bits per heavy atom. The van der Waals surface area contributed by atoms with E-state index in [-0.39, 0.29) is 11.4 Å². The van der Waals surface area contributed by atoms with Crippen LogP contribution in [-0.2, 0) is 11.2 Å². The second kappa shape index (κ2) is 5.57. The van der Waals surface area contributed by atoms with Gasteiger partial charge in [-0.05, 0) is 38.9 Å². The molecule has 1 N–H and O–H groups in total. The molecular weight excluding hydrogens is 228 g/mol. The van der Waals surface area contributed by atoms with Gasteiger partial charge in [-0.25, -0.2) is 0 Å². The Kier molecular flexibility index (Phi) is 4.07. The highest BCUT2D eigenvalue weighted by Gasteiger charge is 2.29. The number of rotatable bonds is 4. The Morgan fingerprint density at radius 3 is 2.78 bits per heavy atom. The summed E-state index contributed by atoms with van der Waals surface area (Å²) in [6.45, 7) is 3.93. The van der Waals surface area contributed by atoms with Gasteiger partial charge < -0.3 is 14.6 Å². The van der Waals surface area contributed by atoms with E-state index >= 15 is 0 Å². The van der Waals surface area contributed by atoms with Crippen LogP contribution in [0.5, 0.6) is 0 Å². The fourth-order valence-corrected chi connectivity index (χ4v) is 2.34. The third-order valence-electron chi connectivity index (χ3n) is 3.99. The standard InChI is InChI=1S/C14H22N2O2/c1-14(15-2)7-9-16(10-8-14)13(17)6-5-12-4-3-11-18-12/h3-4,11,15H,5-10H2,1-2H3. The number of furan rings is 1. The summed E-state index contributed by atoms with van der Waals surface area (Å²) in [4.78, 5) is 14.0. The highest BCUT2D eigenvalue weighted by Crippen LogP contribution is 2.21. The Labute approximate surface area is 108 Å². The van der Waals surface area contributed by atoms with Crippen LogP contribution in [0.25, 0.3) is 0 Å². The van der Waals surface area contributed by atoms with Crippen molar-refractivity contribution in [1.82, 2.24) is 10.2 Å². The summed E-state index contributed by atoms with van der Waals surface area (Å²) in [5.41, 5.74) is 0.192. The number of hydrogen-bond acceptors (Lipinski definition) is 3. The first-order valence-corrected chi connectivity index (χ1v) is 6.62. The fourth-order valence-electron chi connectivity index (χ4n) is 2.34. The van der Waals surface area contributed by atoms with Crippen molar-refractivity contribution >= 4 is 5.91 Å². The monoisotopic (exact) mass is 250 g/mol. The maximum atomic E-state index is 12.1. The molecule has 0 bridgehead atoms. The molecule has 100 valence electrons. The van der Waals surface area contributed by atoms with E-state index in [0.29, 0.717) is 12.8 Å². The number of nitrogens with one attached hydrogen (secondary N) is 1. The van der Waals surface area contributed by atoms with Crippen LogP contribution in [0, 0.1) is 0 Å². The first-order valence-electron chi connectivity index (χ1n) is 6.62. The molecule has 0 radical (unpaired) electrons. The number of carbonyl (C=O) groups is 1. The van der Waals surface area contributed by atoms with Crippen LogP contribution in [0.2, 0.25) is 0 Å². The number of nitrogens with zero attached hydrogens (tertiary/aromatic N) is 1. The van der Waals surface area contributed by atoms with E-state index in [0.717, 1.165) is 31.7 Å². The van der Waals surface area contributed by atoms with Crippen LogP contribution in [-0.4, -0.2) is 36.5 Å². The minimum atomic E-state index is 0.192. The molecule has 1 fully saturated rings. The molecule has 4 heteroatoms. The minimum Gasteiger partial charge on any atom is -0.469 e. The van der Waals surface area contributed by atoms with Crippen molar-refractivity contribution < 1.29 is 9.21 Å². The SMILES string of the molecule is CNC1(C)CCN(C(=O)CCc2ccco2)CC1. The summed E-state index contributed by atoms with van der Waals surface area (Å²) in [6.07, 6.45) is 4.94. The molecule has 1 aromatic heterocycles. The molecule has 1 aromatic rings. The summed E-state index contributed by atoms with van der Waals surface area (Å²) in [6, 6.07) is 3.78. The van der Waals surface area contributed by atoms with Crippen LogP contribution in [0.1, 0.15) is 31.9 Å². The maximum Gasteiger partial charge on any atom is 0.223 e. The number of amides is 1. The average Bonchev–Trinajstić information content (AvgIpc) is 2.90. The molecule has 1 aliphatic rings. The largest absolute Gasteiger partial charge is 0.469 e. The quantitative estimate of drug-likeness (QED) is 0.886. The average molecular weight is 250 g/mol. The molecule has 4 nitrogen and oxygen atoms in total. The van der Waals surface area contributed by atoms with E-state index in [1.165, 1.54) is 0 Å².